The molecule has 1 rings (SSSR count). The quantitative estimate of drug-likeness (QED) is 0.605. The Morgan fingerprint density at radius 3 is 2.33 bits per heavy atom. The molecule has 1 heterocycles. The molecule has 0 aromatic heterocycles. The SMILES string of the molecule is CCCCN(CCC)C1COC1. The zero-order valence-corrected chi connectivity index (χ0v) is 8.38. The van der Waals surface area contributed by atoms with Crippen molar-refractivity contribution < 1.29 is 4.74 Å². The number of nitrogens with zero attached hydrogens (tertiary/aromatic N) is 1. The molecule has 0 N–H and O–H groups in total. The van der Waals surface area contributed by atoms with Gasteiger partial charge in [0.25, 0.3) is 0 Å². The summed E-state index contributed by atoms with van der Waals surface area (Å²) in [5.41, 5.74) is 0. The third-order valence-corrected chi connectivity index (χ3v) is 2.45. The summed E-state index contributed by atoms with van der Waals surface area (Å²) in [5, 5.41) is 0. The van der Waals surface area contributed by atoms with E-state index in [-0.39, 0.29) is 0 Å². The van der Waals surface area contributed by atoms with E-state index < -0.39 is 0 Å². The molecule has 2 heteroatoms. The highest BCUT2D eigenvalue weighted by molar-refractivity contribution is 4.76. The van der Waals surface area contributed by atoms with Crippen LogP contribution >= 0.6 is 0 Å². The fourth-order valence-electron chi connectivity index (χ4n) is 1.56. The first-order chi connectivity index (χ1) is 5.88. The number of unbranched alkanes of at least 4 members (excludes halogenated alkanes) is 1. The molecule has 0 amide bonds. The van der Waals surface area contributed by atoms with Gasteiger partial charge in [-0.3, -0.25) is 4.90 Å². The first-order valence-corrected chi connectivity index (χ1v) is 5.20. The maximum Gasteiger partial charge on any atom is 0.0645 e. The van der Waals surface area contributed by atoms with Gasteiger partial charge in [-0.15, -0.1) is 0 Å². The lowest BCUT2D eigenvalue weighted by Gasteiger charge is -2.37. The molecule has 0 unspecified atom stereocenters. The molecule has 0 saturated carbocycles. The minimum Gasteiger partial charge on any atom is -0.378 e. The molecule has 0 spiro atoms. The van der Waals surface area contributed by atoms with Gasteiger partial charge in [0.1, 0.15) is 0 Å². The maximum absolute atomic E-state index is 5.20. The van der Waals surface area contributed by atoms with E-state index in [2.05, 4.69) is 18.7 Å². The van der Waals surface area contributed by atoms with Crippen LogP contribution in [0.4, 0.5) is 0 Å². The van der Waals surface area contributed by atoms with Gasteiger partial charge in [0.05, 0.1) is 19.3 Å². The van der Waals surface area contributed by atoms with Gasteiger partial charge in [0.15, 0.2) is 0 Å². The van der Waals surface area contributed by atoms with Gasteiger partial charge in [0, 0.05) is 0 Å². The van der Waals surface area contributed by atoms with Crippen molar-refractivity contribution in [3.8, 4) is 0 Å². The van der Waals surface area contributed by atoms with Crippen LogP contribution in [0.25, 0.3) is 0 Å². The van der Waals surface area contributed by atoms with Gasteiger partial charge in [-0.2, -0.15) is 0 Å². The molecule has 1 saturated heterocycles. The van der Waals surface area contributed by atoms with Crippen molar-refractivity contribution in [1.82, 2.24) is 4.90 Å². The minimum atomic E-state index is 0.733. The third kappa shape index (κ3) is 2.76. The molecule has 0 aromatic carbocycles. The highest BCUT2D eigenvalue weighted by atomic mass is 16.5. The van der Waals surface area contributed by atoms with Crippen LogP contribution in [0.1, 0.15) is 33.1 Å². The lowest BCUT2D eigenvalue weighted by atomic mass is 10.2. The summed E-state index contributed by atoms with van der Waals surface area (Å²) in [6.45, 7) is 8.93. The second-order valence-corrected chi connectivity index (χ2v) is 3.58. The average molecular weight is 171 g/mol. The lowest BCUT2D eigenvalue weighted by Crippen LogP contribution is -2.49. The Morgan fingerprint density at radius 1 is 1.17 bits per heavy atom. The van der Waals surface area contributed by atoms with Crippen LogP contribution in [0.5, 0.6) is 0 Å². The van der Waals surface area contributed by atoms with E-state index in [9.17, 15) is 0 Å². The molecule has 0 atom stereocenters. The monoisotopic (exact) mass is 171 g/mol. The summed E-state index contributed by atoms with van der Waals surface area (Å²) in [6.07, 6.45) is 3.89. The smallest absolute Gasteiger partial charge is 0.0645 e. The van der Waals surface area contributed by atoms with Gasteiger partial charge >= 0.3 is 0 Å². The van der Waals surface area contributed by atoms with Crippen molar-refractivity contribution in [1.29, 1.82) is 0 Å². The molecule has 2 nitrogen and oxygen atoms in total. The lowest BCUT2D eigenvalue weighted by molar-refractivity contribution is -0.0650. The Kier molecular flexibility index (Phi) is 4.62. The highest BCUT2D eigenvalue weighted by Gasteiger charge is 2.24. The fourth-order valence-corrected chi connectivity index (χ4v) is 1.56. The van der Waals surface area contributed by atoms with Crippen LogP contribution in [0, 0.1) is 0 Å². The highest BCUT2D eigenvalue weighted by Crippen LogP contribution is 2.11. The Bertz CT molecular complexity index is 112. The number of hydrogen-bond donors (Lipinski definition) is 0. The van der Waals surface area contributed by atoms with Gasteiger partial charge < -0.3 is 4.74 Å². The van der Waals surface area contributed by atoms with Crippen molar-refractivity contribution >= 4 is 0 Å². The Labute approximate surface area is 75.9 Å². The predicted molar refractivity (Wildman–Crippen MR) is 51.4 cm³/mol. The van der Waals surface area contributed by atoms with Crippen molar-refractivity contribution in [2.75, 3.05) is 26.3 Å². The summed E-state index contributed by atoms with van der Waals surface area (Å²) in [5.74, 6) is 0. The number of rotatable bonds is 6. The molecular weight excluding hydrogens is 150 g/mol. The minimum absolute atomic E-state index is 0.733. The molecular formula is C10H21NO. The van der Waals surface area contributed by atoms with E-state index in [4.69, 9.17) is 4.74 Å². The summed E-state index contributed by atoms with van der Waals surface area (Å²) in [6, 6.07) is 0.733. The second-order valence-electron chi connectivity index (χ2n) is 3.58. The molecule has 1 fully saturated rings. The molecule has 12 heavy (non-hydrogen) atoms. The summed E-state index contributed by atoms with van der Waals surface area (Å²) in [4.78, 5) is 2.58. The Morgan fingerprint density at radius 2 is 1.92 bits per heavy atom. The average Bonchev–Trinajstić information content (AvgIpc) is 1.97. The third-order valence-electron chi connectivity index (χ3n) is 2.45. The van der Waals surface area contributed by atoms with E-state index in [1.54, 1.807) is 0 Å². The molecule has 72 valence electrons. The van der Waals surface area contributed by atoms with Crippen LogP contribution < -0.4 is 0 Å². The first-order valence-electron chi connectivity index (χ1n) is 5.20. The maximum atomic E-state index is 5.20. The summed E-state index contributed by atoms with van der Waals surface area (Å²) in [7, 11) is 0. The fraction of sp³-hybridized carbons (Fsp3) is 1.00. The molecule has 1 aliphatic rings. The van der Waals surface area contributed by atoms with Gasteiger partial charge in [-0.05, 0) is 25.9 Å². The van der Waals surface area contributed by atoms with Gasteiger partial charge in [-0.1, -0.05) is 20.3 Å². The normalized spacial score (nSPS) is 18.2. The predicted octanol–water partition coefficient (Wildman–Crippen LogP) is 1.90. The summed E-state index contributed by atoms with van der Waals surface area (Å²) >= 11 is 0. The van der Waals surface area contributed by atoms with Crippen LogP contribution in [0.2, 0.25) is 0 Å². The van der Waals surface area contributed by atoms with Crippen molar-refractivity contribution in [3.05, 3.63) is 0 Å². The zero-order valence-electron chi connectivity index (χ0n) is 8.38. The standard InChI is InChI=1S/C10H21NO/c1-3-5-7-11(6-4-2)10-8-12-9-10/h10H,3-9H2,1-2H3. The Balaban J connectivity index is 2.17. The van der Waals surface area contributed by atoms with Crippen LogP contribution in [0.15, 0.2) is 0 Å². The van der Waals surface area contributed by atoms with E-state index >= 15 is 0 Å². The van der Waals surface area contributed by atoms with Crippen molar-refractivity contribution in [2.45, 2.75) is 39.2 Å². The van der Waals surface area contributed by atoms with Gasteiger partial charge in [-0.25, -0.2) is 0 Å². The number of ether oxygens (including phenoxy) is 1. The topological polar surface area (TPSA) is 12.5 Å². The molecule has 1 aliphatic heterocycles. The molecule has 0 aromatic rings. The van der Waals surface area contributed by atoms with Crippen molar-refractivity contribution in [2.24, 2.45) is 0 Å². The van der Waals surface area contributed by atoms with Gasteiger partial charge in [0.2, 0.25) is 0 Å². The van der Waals surface area contributed by atoms with E-state index in [0.717, 1.165) is 19.3 Å². The van der Waals surface area contributed by atoms with Crippen LogP contribution in [0.3, 0.4) is 0 Å². The second kappa shape index (κ2) is 5.55. The molecule has 0 bridgehead atoms. The van der Waals surface area contributed by atoms with Crippen molar-refractivity contribution in [3.63, 3.8) is 0 Å². The molecule has 0 aliphatic carbocycles. The van der Waals surface area contributed by atoms with E-state index in [1.165, 1.54) is 32.4 Å². The van der Waals surface area contributed by atoms with E-state index in [0.29, 0.717) is 0 Å². The van der Waals surface area contributed by atoms with Crippen LogP contribution in [-0.2, 0) is 4.74 Å². The molecule has 0 radical (unpaired) electrons. The van der Waals surface area contributed by atoms with E-state index in [1.807, 2.05) is 0 Å². The number of hydrogen-bond acceptors (Lipinski definition) is 2. The first kappa shape index (κ1) is 10.0. The largest absolute Gasteiger partial charge is 0.378 e. The Hall–Kier alpha value is -0.0800. The summed E-state index contributed by atoms with van der Waals surface area (Å²) < 4.78 is 5.20. The van der Waals surface area contributed by atoms with Crippen LogP contribution in [-0.4, -0.2) is 37.2 Å². The zero-order chi connectivity index (χ0) is 8.81.